The molecule has 1 aromatic rings. The summed E-state index contributed by atoms with van der Waals surface area (Å²) in [4.78, 5) is 6.58. The van der Waals surface area contributed by atoms with Gasteiger partial charge in [0.05, 0.1) is 13.2 Å². The van der Waals surface area contributed by atoms with Crippen LogP contribution in [0.1, 0.15) is 6.92 Å². The van der Waals surface area contributed by atoms with Gasteiger partial charge in [0.2, 0.25) is 0 Å². The van der Waals surface area contributed by atoms with E-state index in [1.165, 1.54) is 5.69 Å². The van der Waals surface area contributed by atoms with Gasteiger partial charge in [-0.25, -0.2) is 4.98 Å². The van der Waals surface area contributed by atoms with E-state index in [-0.39, 0.29) is 0 Å². The maximum Gasteiger partial charge on any atom is 0.127 e. The number of hydrogen-bond donors (Lipinski definition) is 1. The molecule has 0 saturated carbocycles. The Balaban J connectivity index is 2.09. The van der Waals surface area contributed by atoms with Gasteiger partial charge in [0.15, 0.2) is 0 Å². The zero-order chi connectivity index (χ0) is 10.5. The van der Waals surface area contributed by atoms with E-state index in [0.29, 0.717) is 0 Å². The highest BCUT2D eigenvalue weighted by molar-refractivity contribution is 5.53. The van der Waals surface area contributed by atoms with E-state index in [1.54, 1.807) is 0 Å². The van der Waals surface area contributed by atoms with Crippen molar-refractivity contribution >= 4 is 11.5 Å². The molecule has 4 heteroatoms. The zero-order valence-corrected chi connectivity index (χ0v) is 9.07. The first-order valence-corrected chi connectivity index (χ1v) is 5.43. The molecule has 0 atom stereocenters. The van der Waals surface area contributed by atoms with Crippen LogP contribution in [0.4, 0.5) is 11.5 Å². The Labute approximate surface area is 90.3 Å². The Morgan fingerprint density at radius 1 is 1.47 bits per heavy atom. The number of pyridine rings is 1. The van der Waals surface area contributed by atoms with Crippen molar-refractivity contribution in [2.45, 2.75) is 6.92 Å². The third kappa shape index (κ3) is 2.59. The standard InChI is InChI=1S/C11H17N3O/c1-2-12-11-9-10(3-4-13-11)14-5-7-15-8-6-14/h3-4,9H,2,5-8H2,1H3,(H,12,13). The van der Waals surface area contributed by atoms with Gasteiger partial charge in [0.25, 0.3) is 0 Å². The molecule has 1 fully saturated rings. The Hall–Kier alpha value is -1.29. The molecule has 0 bridgehead atoms. The lowest BCUT2D eigenvalue weighted by Crippen LogP contribution is -2.36. The highest BCUT2D eigenvalue weighted by atomic mass is 16.5. The van der Waals surface area contributed by atoms with Gasteiger partial charge in [-0.2, -0.15) is 0 Å². The van der Waals surface area contributed by atoms with Crippen LogP contribution < -0.4 is 10.2 Å². The van der Waals surface area contributed by atoms with Gasteiger partial charge in [-0.3, -0.25) is 0 Å². The number of rotatable bonds is 3. The topological polar surface area (TPSA) is 37.4 Å². The fourth-order valence-corrected chi connectivity index (χ4v) is 1.72. The molecule has 0 aliphatic carbocycles. The van der Waals surface area contributed by atoms with Crippen molar-refractivity contribution < 1.29 is 4.74 Å². The molecular weight excluding hydrogens is 190 g/mol. The predicted octanol–water partition coefficient (Wildman–Crippen LogP) is 1.35. The highest BCUT2D eigenvalue weighted by Crippen LogP contribution is 2.18. The first-order valence-electron chi connectivity index (χ1n) is 5.43. The first-order chi connectivity index (χ1) is 7.40. The van der Waals surface area contributed by atoms with Crippen LogP contribution in [-0.4, -0.2) is 37.8 Å². The van der Waals surface area contributed by atoms with E-state index in [4.69, 9.17) is 4.74 Å². The van der Waals surface area contributed by atoms with Crippen LogP contribution in [0.3, 0.4) is 0 Å². The maximum absolute atomic E-state index is 5.33. The average molecular weight is 207 g/mol. The second kappa shape index (κ2) is 4.98. The van der Waals surface area contributed by atoms with Crippen LogP contribution in [-0.2, 0) is 4.74 Å². The van der Waals surface area contributed by atoms with Crippen molar-refractivity contribution in [3.63, 3.8) is 0 Å². The Morgan fingerprint density at radius 2 is 2.27 bits per heavy atom. The van der Waals surface area contributed by atoms with Crippen molar-refractivity contribution in [2.75, 3.05) is 43.1 Å². The number of nitrogens with zero attached hydrogens (tertiary/aromatic N) is 2. The number of nitrogens with one attached hydrogen (secondary N) is 1. The molecule has 0 amide bonds. The summed E-state index contributed by atoms with van der Waals surface area (Å²) in [7, 11) is 0. The van der Waals surface area contributed by atoms with E-state index in [2.05, 4.69) is 28.2 Å². The number of aromatic nitrogens is 1. The summed E-state index contributed by atoms with van der Waals surface area (Å²) in [6.45, 7) is 6.55. The fraction of sp³-hybridized carbons (Fsp3) is 0.545. The lowest BCUT2D eigenvalue weighted by atomic mass is 10.3. The molecule has 0 radical (unpaired) electrons. The molecule has 15 heavy (non-hydrogen) atoms. The van der Waals surface area contributed by atoms with Crippen LogP contribution in [0.25, 0.3) is 0 Å². The van der Waals surface area contributed by atoms with Gasteiger partial charge in [-0.15, -0.1) is 0 Å². The summed E-state index contributed by atoms with van der Waals surface area (Å²) >= 11 is 0. The predicted molar refractivity (Wildman–Crippen MR) is 61.4 cm³/mol. The minimum absolute atomic E-state index is 0.818. The normalized spacial score (nSPS) is 16.5. The second-order valence-electron chi connectivity index (χ2n) is 3.53. The highest BCUT2D eigenvalue weighted by Gasteiger charge is 2.11. The van der Waals surface area contributed by atoms with Crippen LogP contribution in [0.2, 0.25) is 0 Å². The number of anilines is 2. The Bertz CT molecular complexity index is 310. The minimum Gasteiger partial charge on any atom is -0.378 e. The van der Waals surface area contributed by atoms with Crippen molar-refractivity contribution in [2.24, 2.45) is 0 Å². The Morgan fingerprint density at radius 3 is 3.00 bits per heavy atom. The van der Waals surface area contributed by atoms with E-state index in [9.17, 15) is 0 Å². The number of ether oxygens (including phenoxy) is 1. The molecule has 1 aliphatic heterocycles. The quantitative estimate of drug-likeness (QED) is 0.812. The second-order valence-corrected chi connectivity index (χ2v) is 3.53. The van der Waals surface area contributed by atoms with Crippen molar-refractivity contribution in [3.8, 4) is 0 Å². The van der Waals surface area contributed by atoms with Gasteiger partial charge in [-0.05, 0) is 13.0 Å². The summed E-state index contributed by atoms with van der Waals surface area (Å²) in [6.07, 6.45) is 1.85. The number of morpholine rings is 1. The molecule has 1 N–H and O–H groups in total. The van der Waals surface area contributed by atoms with Crippen molar-refractivity contribution in [1.29, 1.82) is 0 Å². The molecule has 4 nitrogen and oxygen atoms in total. The minimum atomic E-state index is 0.818. The smallest absolute Gasteiger partial charge is 0.127 e. The maximum atomic E-state index is 5.33. The summed E-state index contributed by atoms with van der Waals surface area (Å²) in [5.74, 6) is 0.946. The lowest BCUT2D eigenvalue weighted by Gasteiger charge is -2.28. The molecule has 0 aromatic carbocycles. The van der Waals surface area contributed by atoms with Gasteiger partial charge in [-0.1, -0.05) is 0 Å². The van der Waals surface area contributed by atoms with Crippen molar-refractivity contribution in [1.82, 2.24) is 4.98 Å². The van der Waals surface area contributed by atoms with Crippen LogP contribution in [0, 0.1) is 0 Å². The lowest BCUT2D eigenvalue weighted by molar-refractivity contribution is 0.122. The van der Waals surface area contributed by atoms with E-state index in [0.717, 1.165) is 38.7 Å². The van der Waals surface area contributed by atoms with E-state index >= 15 is 0 Å². The molecule has 82 valence electrons. The first kappa shape index (κ1) is 10.2. The number of hydrogen-bond acceptors (Lipinski definition) is 4. The molecule has 1 aromatic heterocycles. The third-order valence-electron chi connectivity index (χ3n) is 2.48. The zero-order valence-electron chi connectivity index (χ0n) is 9.07. The summed E-state index contributed by atoms with van der Waals surface area (Å²) in [5, 5.41) is 3.22. The van der Waals surface area contributed by atoms with Crippen molar-refractivity contribution in [3.05, 3.63) is 18.3 Å². The monoisotopic (exact) mass is 207 g/mol. The largest absolute Gasteiger partial charge is 0.378 e. The van der Waals surface area contributed by atoms with Gasteiger partial charge < -0.3 is 15.0 Å². The molecule has 0 unspecified atom stereocenters. The summed E-state index contributed by atoms with van der Waals surface area (Å²) in [6, 6.07) is 4.14. The van der Waals surface area contributed by atoms with Crippen LogP contribution in [0.5, 0.6) is 0 Å². The SMILES string of the molecule is CCNc1cc(N2CCOCC2)ccn1. The summed E-state index contributed by atoms with van der Waals surface area (Å²) in [5.41, 5.74) is 1.23. The van der Waals surface area contributed by atoms with E-state index in [1.807, 2.05) is 12.3 Å². The molecular formula is C11H17N3O. The van der Waals surface area contributed by atoms with Gasteiger partial charge >= 0.3 is 0 Å². The third-order valence-corrected chi connectivity index (χ3v) is 2.48. The molecule has 2 rings (SSSR count). The Kier molecular flexibility index (Phi) is 3.40. The summed E-state index contributed by atoms with van der Waals surface area (Å²) < 4.78 is 5.33. The van der Waals surface area contributed by atoms with Crippen LogP contribution in [0.15, 0.2) is 18.3 Å². The fourth-order valence-electron chi connectivity index (χ4n) is 1.72. The molecule has 1 aliphatic rings. The molecule has 1 saturated heterocycles. The average Bonchev–Trinajstić information content (AvgIpc) is 2.31. The van der Waals surface area contributed by atoms with Gasteiger partial charge in [0, 0.05) is 37.6 Å². The molecule has 2 heterocycles. The molecule has 0 spiro atoms. The van der Waals surface area contributed by atoms with Crippen LogP contribution >= 0.6 is 0 Å². The van der Waals surface area contributed by atoms with Gasteiger partial charge in [0.1, 0.15) is 5.82 Å². The van der Waals surface area contributed by atoms with E-state index < -0.39 is 0 Å².